The summed E-state index contributed by atoms with van der Waals surface area (Å²) in [6.07, 6.45) is 0.815. The summed E-state index contributed by atoms with van der Waals surface area (Å²) in [7, 11) is 0. The van der Waals surface area contributed by atoms with Crippen LogP contribution in [0.3, 0.4) is 0 Å². The van der Waals surface area contributed by atoms with Gasteiger partial charge >= 0.3 is 5.97 Å². The van der Waals surface area contributed by atoms with E-state index in [0.717, 1.165) is 16.9 Å². The minimum absolute atomic E-state index is 0.0609. The second-order valence-corrected chi connectivity index (χ2v) is 7.09. The molecule has 1 N–H and O–H groups in total. The lowest BCUT2D eigenvalue weighted by molar-refractivity contribution is -0.147. The molecule has 150 valence electrons. The predicted molar refractivity (Wildman–Crippen MR) is 107 cm³/mol. The zero-order valence-corrected chi connectivity index (χ0v) is 16.8. The Hall–Kier alpha value is -2.90. The number of carbonyl (C=O) groups excluding carboxylic acids is 4. The minimum atomic E-state index is -0.894. The van der Waals surface area contributed by atoms with Crippen LogP contribution in [0.5, 0.6) is 0 Å². The van der Waals surface area contributed by atoms with Crippen molar-refractivity contribution in [3.05, 3.63) is 63.1 Å². The van der Waals surface area contributed by atoms with Crippen LogP contribution < -0.4 is 5.32 Å². The summed E-state index contributed by atoms with van der Waals surface area (Å²) < 4.78 is 4.89. The SMILES string of the molecule is CCc1cccc(NC(=O)COC(=O)CN2C(=O)c3cc(Cl)c(Cl)cc3C2=O)c1. The molecule has 0 saturated heterocycles. The monoisotopic (exact) mass is 434 g/mol. The van der Waals surface area contributed by atoms with Gasteiger partial charge in [-0.15, -0.1) is 0 Å². The molecule has 0 unspecified atom stereocenters. The molecule has 0 saturated carbocycles. The number of imide groups is 1. The molecule has 3 rings (SSSR count). The average Bonchev–Trinajstić information content (AvgIpc) is 2.91. The fraction of sp³-hybridized carbons (Fsp3) is 0.200. The fourth-order valence-corrected chi connectivity index (χ4v) is 3.14. The van der Waals surface area contributed by atoms with Crippen molar-refractivity contribution in [2.24, 2.45) is 0 Å². The molecular weight excluding hydrogens is 419 g/mol. The number of hydrogen-bond donors (Lipinski definition) is 1. The van der Waals surface area contributed by atoms with Crippen molar-refractivity contribution < 1.29 is 23.9 Å². The second-order valence-electron chi connectivity index (χ2n) is 6.27. The van der Waals surface area contributed by atoms with Gasteiger partial charge in [0, 0.05) is 5.69 Å². The van der Waals surface area contributed by atoms with Gasteiger partial charge in [-0.2, -0.15) is 0 Å². The highest BCUT2D eigenvalue weighted by molar-refractivity contribution is 6.43. The number of fused-ring (bicyclic) bond motifs is 1. The van der Waals surface area contributed by atoms with E-state index >= 15 is 0 Å². The maximum atomic E-state index is 12.4. The molecule has 0 atom stereocenters. The van der Waals surface area contributed by atoms with Gasteiger partial charge in [-0.3, -0.25) is 24.1 Å². The number of amides is 3. The van der Waals surface area contributed by atoms with Gasteiger partial charge in [0.05, 0.1) is 21.2 Å². The number of anilines is 1. The molecule has 1 heterocycles. The van der Waals surface area contributed by atoms with Crippen LogP contribution in [0.4, 0.5) is 5.69 Å². The van der Waals surface area contributed by atoms with Crippen LogP contribution in [-0.4, -0.2) is 41.7 Å². The summed E-state index contributed by atoms with van der Waals surface area (Å²) in [4.78, 5) is 49.5. The van der Waals surface area contributed by atoms with Crippen molar-refractivity contribution in [1.29, 1.82) is 0 Å². The number of nitrogens with zero attached hydrogens (tertiary/aromatic N) is 1. The molecule has 29 heavy (non-hydrogen) atoms. The van der Waals surface area contributed by atoms with Gasteiger partial charge in [-0.05, 0) is 36.2 Å². The molecule has 1 aliphatic heterocycles. The maximum absolute atomic E-state index is 12.4. The molecule has 0 aromatic heterocycles. The molecule has 2 aromatic carbocycles. The molecule has 0 aliphatic carbocycles. The Morgan fingerprint density at radius 3 is 2.24 bits per heavy atom. The third kappa shape index (κ3) is 4.58. The van der Waals surface area contributed by atoms with Gasteiger partial charge in [0.15, 0.2) is 6.61 Å². The Morgan fingerprint density at radius 2 is 1.66 bits per heavy atom. The van der Waals surface area contributed by atoms with E-state index < -0.39 is 36.8 Å². The van der Waals surface area contributed by atoms with Crippen molar-refractivity contribution in [1.82, 2.24) is 4.90 Å². The van der Waals surface area contributed by atoms with Gasteiger partial charge < -0.3 is 10.1 Å². The number of carbonyl (C=O) groups is 4. The Balaban J connectivity index is 1.56. The predicted octanol–water partition coefficient (Wildman–Crippen LogP) is 3.33. The largest absolute Gasteiger partial charge is 0.454 e. The van der Waals surface area contributed by atoms with Gasteiger partial charge in [-0.25, -0.2) is 0 Å². The van der Waals surface area contributed by atoms with Crippen LogP contribution in [0.1, 0.15) is 33.2 Å². The number of halogens is 2. The van der Waals surface area contributed by atoms with Crippen LogP contribution >= 0.6 is 23.2 Å². The van der Waals surface area contributed by atoms with Gasteiger partial charge in [0.2, 0.25) is 0 Å². The van der Waals surface area contributed by atoms with Crippen molar-refractivity contribution in [3.63, 3.8) is 0 Å². The van der Waals surface area contributed by atoms with Crippen LogP contribution in [0.25, 0.3) is 0 Å². The number of ether oxygens (including phenoxy) is 1. The molecule has 3 amide bonds. The van der Waals surface area contributed by atoms with E-state index in [0.29, 0.717) is 5.69 Å². The highest BCUT2D eigenvalue weighted by atomic mass is 35.5. The van der Waals surface area contributed by atoms with E-state index in [1.54, 1.807) is 12.1 Å². The van der Waals surface area contributed by atoms with Crippen molar-refractivity contribution >= 4 is 52.6 Å². The summed E-state index contributed by atoms with van der Waals surface area (Å²) >= 11 is 11.8. The lowest BCUT2D eigenvalue weighted by Gasteiger charge is -2.13. The first kappa shape index (κ1) is 20.8. The van der Waals surface area contributed by atoms with E-state index in [2.05, 4.69) is 5.32 Å². The second kappa shape index (κ2) is 8.63. The van der Waals surface area contributed by atoms with Gasteiger partial charge in [0.25, 0.3) is 17.7 Å². The van der Waals surface area contributed by atoms with Crippen LogP contribution in [0.2, 0.25) is 10.0 Å². The normalized spacial score (nSPS) is 12.7. The number of nitrogens with one attached hydrogen (secondary N) is 1. The molecule has 0 spiro atoms. The lowest BCUT2D eigenvalue weighted by Crippen LogP contribution is -2.36. The third-order valence-corrected chi connectivity index (χ3v) is 5.00. The Morgan fingerprint density at radius 1 is 1.03 bits per heavy atom. The van der Waals surface area contributed by atoms with E-state index in [1.807, 2.05) is 19.1 Å². The molecule has 0 bridgehead atoms. The quantitative estimate of drug-likeness (QED) is 0.555. The Labute approximate surface area is 176 Å². The zero-order valence-electron chi connectivity index (χ0n) is 15.3. The van der Waals surface area contributed by atoms with Crippen LogP contribution in [0, 0.1) is 0 Å². The summed E-state index contributed by atoms with van der Waals surface area (Å²) in [6.45, 7) is 0.819. The van der Waals surface area contributed by atoms with Gasteiger partial charge in [0.1, 0.15) is 6.54 Å². The Bertz CT molecular complexity index is 981. The fourth-order valence-electron chi connectivity index (χ4n) is 2.81. The lowest BCUT2D eigenvalue weighted by atomic mass is 10.1. The zero-order chi connectivity index (χ0) is 21.1. The molecule has 0 radical (unpaired) electrons. The first-order valence-electron chi connectivity index (χ1n) is 8.69. The van der Waals surface area contributed by atoms with E-state index in [9.17, 15) is 19.2 Å². The van der Waals surface area contributed by atoms with E-state index in [4.69, 9.17) is 27.9 Å². The molecule has 9 heteroatoms. The minimum Gasteiger partial charge on any atom is -0.454 e. The molecule has 1 aliphatic rings. The summed E-state index contributed by atoms with van der Waals surface area (Å²) in [6, 6.07) is 9.83. The highest BCUT2D eigenvalue weighted by Crippen LogP contribution is 2.31. The molecular formula is C20H16Cl2N2O5. The van der Waals surface area contributed by atoms with Gasteiger partial charge in [-0.1, -0.05) is 42.3 Å². The molecule has 0 fully saturated rings. The van der Waals surface area contributed by atoms with E-state index in [1.165, 1.54) is 12.1 Å². The number of esters is 1. The number of hydrogen-bond acceptors (Lipinski definition) is 5. The first-order valence-corrected chi connectivity index (χ1v) is 9.45. The van der Waals surface area contributed by atoms with Crippen LogP contribution in [0.15, 0.2) is 36.4 Å². The molecule has 7 nitrogen and oxygen atoms in total. The number of rotatable bonds is 6. The van der Waals surface area contributed by atoms with Crippen LogP contribution in [-0.2, 0) is 20.7 Å². The summed E-state index contributed by atoms with van der Waals surface area (Å²) in [5.74, 6) is -2.79. The van der Waals surface area contributed by atoms with Crippen molar-refractivity contribution in [2.45, 2.75) is 13.3 Å². The van der Waals surface area contributed by atoms with Crippen molar-refractivity contribution in [2.75, 3.05) is 18.5 Å². The number of aryl methyl sites for hydroxylation is 1. The molecule has 2 aromatic rings. The smallest absolute Gasteiger partial charge is 0.326 e. The average molecular weight is 435 g/mol. The standard InChI is InChI=1S/C20H16Cl2N2O5/c1-2-11-4-3-5-12(6-11)23-17(25)10-29-18(26)9-24-19(27)13-7-15(21)16(22)8-14(13)20(24)28/h3-8H,2,9-10H2,1H3,(H,23,25). The Kier molecular flexibility index (Phi) is 6.20. The number of benzene rings is 2. The highest BCUT2D eigenvalue weighted by Gasteiger charge is 2.37. The van der Waals surface area contributed by atoms with E-state index in [-0.39, 0.29) is 21.2 Å². The first-order chi connectivity index (χ1) is 13.8. The summed E-state index contributed by atoms with van der Waals surface area (Å²) in [5.41, 5.74) is 1.75. The maximum Gasteiger partial charge on any atom is 0.326 e. The topological polar surface area (TPSA) is 92.8 Å². The summed E-state index contributed by atoms with van der Waals surface area (Å²) in [5, 5.41) is 2.87. The third-order valence-electron chi connectivity index (χ3n) is 4.28. The van der Waals surface area contributed by atoms with Crippen molar-refractivity contribution in [3.8, 4) is 0 Å².